The van der Waals surface area contributed by atoms with E-state index in [4.69, 9.17) is 0 Å². The first-order valence-corrected chi connectivity index (χ1v) is 3.79. The van der Waals surface area contributed by atoms with Crippen LogP contribution in [0.15, 0.2) is 36.7 Å². The van der Waals surface area contributed by atoms with Crippen LogP contribution in [0.3, 0.4) is 0 Å². The van der Waals surface area contributed by atoms with Gasteiger partial charge in [-0.25, -0.2) is 0 Å². The van der Waals surface area contributed by atoms with Gasteiger partial charge in [-0.2, -0.15) is 10.2 Å². The summed E-state index contributed by atoms with van der Waals surface area (Å²) in [6.45, 7) is 0. The summed E-state index contributed by atoms with van der Waals surface area (Å²) in [5.41, 5.74) is 0. The van der Waals surface area contributed by atoms with Gasteiger partial charge < -0.3 is 0 Å². The fourth-order valence-corrected chi connectivity index (χ4v) is 1.07. The lowest BCUT2D eigenvalue weighted by atomic mass is 10.2. The highest BCUT2D eigenvalue weighted by molar-refractivity contribution is 5.46. The predicted octanol–water partition coefficient (Wildman–Crippen LogP) is 0.164. The molecule has 1 heterocycles. The van der Waals surface area contributed by atoms with Crippen LogP contribution in [0.1, 0.15) is 0 Å². The van der Waals surface area contributed by atoms with Gasteiger partial charge in [0.2, 0.25) is 0 Å². The van der Waals surface area contributed by atoms with Gasteiger partial charge >= 0.3 is 0 Å². The molecule has 0 aromatic carbocycles. The molecule has 0 radical (unpaired) electrons. The van der Waals surface area contributed by atoms with Crippen LogP contribution in [0.4, 0.5) is 0 Å². The molecule has 0 N–H and O–H groups in total. The maximum Gasteiger partial charge on any atom is 0.0574 e. The Bertz CT molecular complexity index is 398. The zero-order valence-electron chi connectivity index (χ0n) is 6.51. The number of nitrogens with zero attached hydrogens (tertiary/aromatic N) is 2. The van der Waals surface area contributed by atoms with E-state index in [0.717, 1.165) is 10.4 Å². The summed E-state index contributed by atoms with van der Waals surface area (Å²) in [4.78, 5) is 0. The van der Waals surface area contributed by atoms with Crippen LogP contribution >= 0.6 is 0 Å². The van der Waals surface area contributed by atoms with Crippen LogP contribution in [-0.2, 0) is 0 Å². The molecule has 0 saturated carbocycles. The second-order valence-electron chi connectivity index (χ2n) is 2.50. The Morgan fingerprint density at radius 1 is 0.667 bits per heavy atom. The smallest absolute Gasteiger partial charge is 0.0574 e. The summed E-state index contributed by atoms with van der Waals surface area (Å²) < 4.78 is 0. The van der Waals surface area contributed by atoms with Gasteiger partial charge in [0.1, 0.15) is 0 Å². The maximum absolute atomic E-state index is 3.81. The average Bonchev–Trinajstić information content (AvgIpc) is 2.06. The molecule has 2 rings (SSSR count). The second-order valence-corrected chi connectivity index (χ2v) is 2.50. The largest absolute Gasteiger partial charge is 0.158 e. The number of rotatable bonds is 0. The molecular weight excluding hydrogens is 148 g/mol. The molecule has 1 aromatic rings. The van der Waals surface area contributed by atoms with Gasteiger partial charge in [-0.05, 0) is 0 Å². The number of hydrogen-bond donors (Lipinski definition) is 0. The van der Waals surface area contributed by atoms with Crippen LogP contribution in [0, 0.1) is 0 Å². The van der Waals surface area contributed by atoms with E-state index in [1.165, 1.54) is 0 Å². The number of hydrogen-bond acceptors (Lipinski definition) is 2. The molecule has 12 heavy (non-hydrogen) atoms. The first-order valence-electron chi connectivity index (χ1n) is 3.79. The number of aromatic nitrogens is 2. The molecule has 1 aliphatic carbocycles. The summed E-state index contributed by atoms with van der Waals surface area (Å²) in [5, 5.41) is 9.83. The van der Waals surface area contributed by atoms with Crippen molar-refractivity contribution in [2.24, 2.45) is 0 Å². The Morgan fingerprint density at radius 3 is 1.67 bits per heavy atom. The third kappa shape index (κ3) is 1.32. The normalized spacial score (nSPS) is 24.7. The maximum atomic E-state index is 3.81. The standard InChI is InChI=1S/C10H8N2/c1-2-4-6-10-8-12-11-7-9(10)5-3-1/h1-8H/b2-1?,3-1-,4-2-,5-3?,6-4?,9-5-,10-6-. The summed E-state index contributed by atoms with van der Waals surface area (Å²) >= 11 is 0. The van der Waals surface area contributed by atoms with Crippen molar-refractivity contribution >= 4 is 12.2 Å². The van der Waals surface area contributed by atoms with Gasteiger partial charge in [0, 0.05) is 10.4 Å². The average molecular weight is 156 g/mol. The highest BCUT2D eigenvalue weighted by Gasteiger charge is 1.83. The van der Waals surface area contributed by atoms with E-state index in [0.29, 0.717) is 0 Å². The summed E-state index contributed by atoms with van der Waals surface area (Å²) in [6, 6.07) is 0. The molecule has 1 aliphatic rings. The van der Waals surface area contributed by atoms with Crippen molar-refractivity contribution < 1.29 is 0 Å². The van der Waals surface area contributed by atoms with Crippen molar-refractivity contribution in [2.45, 2.75) is 0 Å². The van der Waals surface area contributed by atoms with Crippen LogP contribution in [-0.4, -0.2) is 10.2 Å². The van der Waals surface area contributed by atoms with Crippen molar-refractivity contribution in [1.29, 1.82) is 0 Å². The fourth-order valence-electron chi connectivity index (χ4n) is 1.07. The van der Waals surface area contributed by atoms with Crippen molar-refractivity contribution in [3.8, 4) is 0 Å². The lowest BCUT2D eigenvalue weighted by Gasteiger charge is -1.87. The van der Waals surface area contributed by atoms with Crippen LogP contribution < -0.4 is 10.4 Å². The van der Waals surface area contributed by atoms with Crippen LogP contribution in [0.25, 0.3) is 12.2 Å². The molecule has 0 amide bonds. The molecule has 1 aromatic heterocycles. The summed E-state index contributed by atoms with van der Waals surface area (Å²) in [7, 11) is 0. The van der Waals surface area contributed by atoms with Crippen LogP contribution in [0.5, 0.6) is 0 Å². The monoisotopic (exact) mass is 156 g/mol. The van der Waals surface area contributed by atoms with Gasteiger partial charge in [0.15, 0.2) is 0 Å². The minimum Gasteiger partial charge on any atom is -0.158 e. The van der Waals surface area contributed by atoms with Crippen molar-refractivity contribution in [1.82, 2.24) is 10.2 Å². The van der Waals surface area contributed by atoms with E-state index >= 15 is 0 Å². The molecule has 0 bridgehead atoms. The first kappa shape index (κ1) is 6.98. The molecule has 0 atom stereocenters. The molecule has 0 aliphatic heterocycles. The zero-order chi connectivity index (χ0) is 8.23. The summed E-state index contributed by atoms with van der Waals surface area (Å²) in [6.07, 6.45) is 15.5. The lowest BCUT2D eigenvalue weighted by Crippen LogP contribution is -2.25. The fraction of sp³-hybridized carbons (Fsp3) is 0. The van der Waals surface area contributed by atoms with Crippen molar-refractivity contribution in [3.63, 3.8) is 0 Å². The summed E-state index contributed by atoms with van der Waals surface area (Å²) in [5.74, 6) is 0. The number of fused-ring (bicyclic) bond motifs is 1. The van der Waals surface area contributed by atoms with Crippen molar-refractivity contribution in [3.05, 3.63) is 47.1 Å². The SMILES string of the molecule is C1=C\C=c2\cnnc\c2=C\C=C/1. The van der Waals surface area contributed by atoms with Crippen molar-refractivity contribution in [2.75, 3.05) is 0 Å². The molecule has 2 heteroatoms. The highest BCUT2D eigenvalue weighted by Crippen LogP contribution is 1.81. The molecular formula is C10H8N2. The third-order valence-electron chi connectivity index (χ3n) is 1.68. The van der Waals surface area contributed by atoms with E-state index in [2.05, 4.69) is 10.2 Å². The number of allylic oxidation sites excluding steroid dienone is 4. The molecule has 0 spiro atoms. The Hall–Kier alpha value is -1.70. The lowest BCUT2D eigenvalue weighted by molar-refractivity contribution is 1.01. The van der Waals surface area contributed by atoms with E-state index in [1.807, 2.05) is 36.5 Å². The van der Waals surface area contributed by atoms with E-state index < -0.39 is 0 Å². The Labute approximate surface area is 70.3 Å². The Morgan fingerprint density at radius 2 is 1.17 bits per heavy atom. The van der Waals surface area contributed by atoms with E-state index in [9.17, 15) is 0 Å². The quantitative estimate of drug-likeness (QED) is 0.535. The van der Waals surface area contributed by atoms with E-state index in [1.54, 1.807) is 12.4 Å². The van der Waals surface area contributed by atoms with Gasteiger partial charge in [-0.3, -0.25) is 0 Å². The molecule has 0 fully saturated rings. The highest BCUT2D eigenvalue weighted by atomic mass is 15.1. The van der Waals surface area contributed by atoms with E-state index in [-0.39, 0.29) is 0 Å². The first-order chi connectivity index (χ1) is 5.97. The molecule has 2 nitrogen and oxygen atoms in total. The zero-order valence-corrected chi connectivity index (χ0v) is 6.51. The van der Waals surface area contributed by atoms with Gasteiger partial charge in [0.05, 0.1) is 12.4 Å². The predicted molar refractivity (Wildman–Crippen MR) is 48.5 cm³/mol. The Kier molecular flexibility index (Phi) is 1.82. The minimum atomic E-state index is 1.10. The topological polar surface area (TPSA) is 25.8 Å². The molecule has 58 valence electrons. The third-order valence-corrected chi connectivity index (χ3v) is 1.68. The Balaban J connectivity index is 2.80. The van der Waals surface area contributed by atoms with Gasteiger partial charge in [0.25, 0.3) is 0 Å². The molecule has 0 unspecified atom stereocenters. The van der Waals surface area contributed by atoms with Gasteiger partial charge in [-0.1, -0.05) is 36.5 Å². The minimum absolute atomic E-state index is 1.10. The second kappa shape index (κ2) is 3.13. The van der Waals surface area contributed by atoms with Gasteiger partial charge in [-0.15, -0.1) is 0 Å². The van der Waals surface area contributed by atoms with Crippen LogP contribution in [0.2, 0.25) is 0 Å². The molecule has 0 saturated heterocycles.